The van der Waals surface area contributed by atoms with Crippen molar-refractivity contribution < 1.29 is 19.0 Å². The number of rotatable bonds is 5. The molecule has 0 amide bonds. The van der Waals surface area contributed by atoms with Crippen LogP contribution in [0.1, 0.15) is 21.3 Å². The predicted octanol–water partition coefficient (Wildman–Crippen LogP) is 3.52. The Hall–Kier alpha value is -1.41. The average molecular weight is 365 g/mol. The molecule has 0 saturated carbocycles. The standard InChI is InChI=1S/C13H11Cl2FN2O3S/c1-21-12(20)10-11(15)18-13(22-10)17-5-9(19)6-2-3-7(14)8(16)4-6/h2-4,9,19H,5H2,1H3,(H,17,18). The van der Waals surface area contributed by atoms with Crippen LogP contribution < -0.4 is 5.32 Å². The summed E-state index contributed by atoms with van der Waals surface area (Å²) >= 11 is 12.4. The maximum Gasteiger partial charge on any atom is 0.351 e. The SMILES string of the molecule is COC(=O)c1sc(NCC(O)c2ccc(Cl)c(F)c2)nc1Cl. The van der Waals surface area contributed by atoms with Crippen molar-refractivity contribution >= 4 is 45.6 Å². The minimum absolute atomic E-state index is 0.0154. The molecule has 0 radical (unpaired) electrons. The monoisotopic (exact) mass is 364 g/mol. The van der Waals surface area contributed by atoms with Crippen LogP contribution in [0, 0.1) is 5.82 Å². The molecule has 0 saturated heterocycles. The first-order valence-electron chi connectivity index (χ1n) is 6.04. The third-order valence-electron chi connectivity index (χ3n) is 2.73. The number of nitrogens with one attached hydrogen (secondary N) is 1. The normalized spacial score (nSPS) is 12.0. The number of nitrogens with zero attached hydrogens (tertiary/aromatic N) is 1. The molecule has 1 aromatic heterocycles. The van der Waals surface area contributed by atoms with Gasteiger partial charge in [-0.25, -0.2) is 14.2 Å². The average Bonchev–Trinajstić information content (AvgIpc) is 2.87. The molecule has 118 valence electrons. The lowest BCUT2D eigenvalue weighted by molar-refractivity contribution is 0.0606. The number of anilines is 1. The van der Waals surface area contributed by atoms with Gasteiger partial charge in [0.1, 0.15) is 5.82 Å². The maximum atomic E-state index is 13.3. The first-order chi connectivity index (χ1) is 10.4. The zero-order chi connectivity index (χ0) is 16.3. The summed E-state index contributed by atoms with van der Waals surface area (Å²) in [6.45, 7) is 0.0610. The van der Waals surface area contributed by atoms with Crippen LogP contribution in [0.25, 0.3) is 0 Å². The Labute approximate surface area is 139 Å². The van der Waals surface area contributed by atoms with Crippen molar-refractivity contribution in [1.29, 1.82) is 0 Å². The largest absolute Gasteiger partial charge is 0.465 e. The molecule has 0 aliphatic heterocycles. The van der Waals surface area contributed by atoms with Crippen molar-refractivity contribution in [3.8, 4) is 0 Å². The third-order valence-corrected chi connectivity index (χ3v) is 4.42. The van der Waals surface area contributed by atoms with Crippen LogP contribution in [0.15, 0.2) is 18.2 Å². The molecule has 0 aliphatic rings. The summed E-state index contributed by atoms with van der Waals surface area (Å²) in [5.74, 6) is -1.20. The highest BCUT2D eigenvalue weighted by molar-refractivity contribution is 7.18. The Morgan fingerprint density at radius 3 is 2.91 bits per heavy atom. The molecule has 2 N–H and O–H groups in total. The van der Waals surface area contributed by atoms with Crippen molar-refractivity contribution in [2.24, 2.45) is 0 Å². The number of methoxy groups -OCH3 is 1. The van der Waals surface area contributed by atoms with E-state index in [0.29, 0.717) is 10.7 Å². The van der Waals surface area contributed by atoms with E-state index in [1.165, 1.54) is 19.2 Å². The number of esters is 1. The molecule has 0 fully saturated rings. The number of thiazole rings is 1. The zero-order valence-electron chi connectivity index (χ0n) is 11.3. The number of hydrogen-bond acceptors (Lipinski definition) is 6. The van der Waals surface area contributed by atoms with Gasteiger partial charge in [-0.3, -0.25) is 0 Å². The lowest BCUT2D eigenvalue weighted by Crippen LogP contribution is -2.12. The number of benzene rings is 1. The second kappa shape index (κ2) is 7.23. The Morgan fingerprint density at radius 1 is 1.55 bits per heavy atom. The second-order valence-corrected chi connectivity index (χ2v) is 5.97. The van der Waals surface area contributed by atoms with E-state index in [0.717, 1.165) is 17.4 Å². The fraction of sp³-hybridized carbons (Fsp3) is 0.231. The molecule has 1 aromatic carbocycles. The maximum absolute atomic E-state index is 13.3. The van der Waals surface area contributed by atoms with Crippen LogP contribution in [0.3, 0.4) is 0 Å². The summed E-state index contributed by atoms with van der Waals surface area (Å²) in [5.41, 5.74) is 0.366. The topological polar surface area (TPSA) is 71.5 Å². The summed E-state index contributed by atoms with van der Waals surface area (Å²) in [6.07, 6.45) is -0.976. The Morgan fingerprint density at radius 2 is 2.27 bits per heavy atom. The number of aromatic nitrogens is 1. The molecule has 1 heterocycles. The van der Waals surface area contributed by atoms with Gasteiger partial charge in [-0.15, -0.1) is 0 Å². The number of aliphatic hydroxyl groups is 1. The Balaban J connectivity index is 2.03. The van der Waals surface area contributed by atoms with E-state index < -0.39 is 17.9 Å². The van der Waals surface area contributed by atoms with Gasteiger partial charge in [0.25, 0.3) is 0 Å². The zero-order valence-corrected chi connectivity index (χ0v) is 13.6. The quantitative estimate of drug-likeness (QED) is 0.794. The molecule has 1 atom stereocenters. The van der Waals surface area contributed by atoms with Crippen molar-refractivity contribution in [1.82, 2.24) is 4.98 Å². The van der Waals surface area contributed by atoms with E-state index in [2.05, 4.69) is 15.0 Å². The highest BCUT2D eigenvalue weighted by Crippen LogP contribution is 2.28. The van der Waals surface area contributed by atoms with Crippen LogP contribution in [-0.4, -0.2) is 29.7 Å². The van der Waals surface area contributed by atoms with E-state index in [1.807, 2.05) is 0 Å². The molecule has 0 aliphatic carbocycles. The van der Waals surface area contributed by atoms with Crippen LogP contribution in [0.5, 0.6) is 0 Å². The summed E-state index contributed by atoms with van der Waals surface area (Å²) in [6, 6.07) is 4.04. The molecule has 2 rings (SSSR count). The molecular weight excluding hydrogens is 354 g/mol. The molecule has 5 nitrogen and oxygen atoms in total. The highest BCUT2D eigenvalue weighted by atomic mass is 35.5. The van der Waals surface area contributed by atoms with E-state index >= 15 is 0 Å². The van der Waals surface area contributed by atoms with E-state index in [9.17, 15) is 14.3 Å². The highest BCUT2D eigenvalue weighted by Gasteiger charge is 2.18. The van der Waals surface area contributed by atoms with Gasteiger partial charge in [0.2, 0.25) is 0 Å². The van der Waals surface area contributed by atoms with Gasteiger partial charge >= 0.3 is 5.97 Å². The number of halogens is 3. The van der Waals surface area contributed by atoms with E-state index in [1.54, 1.807) is 0 Å². The van der Waals surface area contributed by atoms with Crippen molar-refractivity contribution in [3.63, 3.8) is 0 Å². The molecule has 9 heteroatoms. The number of aliphatic hydroxyl groups excluding tert-OH is 1. The van der Waals surface area contributed by atoms with Crippen LogP contribution in [0.4, 0.5) is 9.52 Å². The van der Waals surface area contributed by atoms with Crippen LogP contribution in [-0.2, 0) is 4.74 Å². The summed E-state index contributed by atoms with van der Waals surface area (Å²) in [5, 5.41) is 13.2. The number of carbonyl (C=O) groups is 1. The summed E-state index contributed by atoms with van der Waals surface area (Å²) in [7, 11) is 1.24. The van der Waals surface area contributed by atoms with E-state index in [4.69, 9.17) is 23.2 Å². The van der Waals surface area contributed by atoms with Crippen LogP contribution >= 0.6 is 34.5 Å². The van der Waals surface area contributed by atoms with E-state index in [-0.39, 0.29) is 21.6 Å². The number of hydrogen-bond donors (Lipinski definition) is 2. The lowest BCUT2D eigenvalue weighted by atomic mass is 10.1. The van der Waals surface area contributed by atoms with Gasteiger partial charge in [0, 0.05) is 6.54 Å². The predicted molar refractivity (Wildman–Crippen MR) is 83.3 cm³/mol. The molecule has 0 bridgehead atoms. The Kier molecular flexibility index (Phi) is 5.57. The first kappa shape index (κ1) is 17.0. The third kappa shape index (κ3) is 3.86. The van der Waals surface area contributed by atoms with Crippen LogP contribution in [0.2, 0.25) is 10.2 Å². The summed E-state index contributed by atoms with van der Waals surface area (Å²) in [4.78, 5) is 15.5. The van der Waals surface area contributed by atoms with Gasteiger partial charge < -0.3 is 15.2 Å². The van der Waals surface area contributed by atoms with Crippen molar-refractivity contribution in [3.05, 3.63) is 44.6 Å². The Bertz CT molecular complexity index is 696. The van der Waals surface area contributed by atoms with Gasteiger partial charge in [0.15, 0.2) is 15.2 Å². The van der Waals surface area contributed by atoms with Gasteiger partial charge in [-0.1, -0.05) is 40.6 Å². The molecule has 22 heavy (non-hydrogen) atoms. The summed E-state index contributed by atoms with van der Waals surface area (Å²) < 4.78 is 17.9. The minimum Gasteiger partial charge on any atom is -0.465 e. The number of carbonyl (C=O) groups excluding carboxylic acids is 1. The smallest absolute Gasteiger partial charge is 0.351 e. The molecule has 0 spiro atoms. The van der Waals surface area contributed by atoms with Crippen molar-refractivity contribution in [2.75, 3.05) is 19.0 Å². The number of ether oxygens (including phenoxy) is 1. The lowest BCUT2D eigenvalue weighted by Gasteiger charge is -2.11. The van der Waals surface area contributed by atoms with Gasteiger partial charge in [-0.2, -0.15) is 0 Å². The minimum atomic E-state index is -0.976. The van der Waals surface area contributed by atoms with Gasteiger partial charge in [0.05, 0.1) is 18.2 Å². The second-order valence-electron chi connectivity index (χ2n) is 4.20. The van der Waals surface area contributed by atoms with Gasteiger partial charge in [-0.05, 0) is 17.7 Å². The molecule has 1 unspecified atom stereocenters. The molecule has 2 aromatic rings. The van der Waals surface area contributed by atoms with Crippen molar-refractivity contribution in [2.45, 2.75) is 6.10 Å². The molecular formula is C13H11Cl2FN2O3S. The fourth-order valence-electron chi connectivity index (χ4n) is 1.62. The first-order valence-corrected chi connectivity index (χ1v) is 7.61. The fourth-order valence-corrected chi connectivity index (χ4v) is 2.84.